The number of carbonyl (C=O) groups excluding carboxylic acids is 2. The number of methoxy groups -OCH3 is 1. The van der Waals surface area contributed by atoms with Crippen LogP contribution in [0, 0.1) is 5.41 Å². The van der Waals surface area contributed by atoms with Crippen LogP contribution in [0.25, 0.3) is 0 Å². The van der Waals surface area contributed by atoms with Crippen molar-refractivity contribution in [3.63, 3.8) is 0 Å². The second-order valence-electron chi connectivity index (χ2n) is 4.90. The molecule has 0 unspecified atom stereocenters. The van der Waals surface area contributed by atoms with Crippen LogP contribution in [0.5, 0.6) is 0 Å². The fraction of sp³-hybridized carbons (Fsp3) is 0.833. The molecule has 0 aromatic carbocycles. The summed E-state index contributed by atoms with van der Waals surface area (Å²) in [4.78, 5) is 22.5. The number of ether oxygens (including phenoxy) is 2. The maximum atomic E-state index is 11.6. The first-order valence-corrected chi connectivity index (χ1v) is 7.91. The fourth-order valence-corrected chi connectivity index (χ4v) is 2.27. The highest BCUT2D eigenvalue weighted by Crippen LogP contribution is 2.21. The molecule has 0 aromatic heterocycles. The van der Waals surface area contributed by atoms with Gasteiger partial charge < -0.3 is 9.47 Å². The minimum Gasteiger partial charge on any atom is -0.468 e. The Kier molecular flexibility index (Phi) is 7.04. The summed E-state index contributed by atoms with van der Waals surface area (Å²) in [5, 5.41) is 0. The van der Waals surface area contributed by atoms with Crippen LogP contribution in [0.15, 0.2) is 0 Å². The van der Waals surface area contributed by atoms with Crippen molar-refractivity contribution in [2.24, 2.45) is 5.41 Å². The van der Waals surface area contributed by atoms with Gasteiger partial charge >= 0.3 is 11.9 Å². The molecule has 0 saturated heterocycles. The third-order valence-corrected chi connectivity index (χ3v) is 4.42. The third kappa shape index (κ3) is 7.15. The number of hydrogen-bond donors (Lipinski definition) is 0. The zero-order valence-electron chi connectivity index (χ0n) is 11.9. The van der Waals surface area contributed by atoms with Gasteiger partial charge in [0.25, 0.3) is 0 Å². The van der Waals surface area contributed by atoms with E-state index in [1.165, 1.54) is 0 Å². The van der Waals surface area contributed by atoms with E-state index in [0.717, 1.165) is 7.11 Å². The van der Waals surface area contributed by atoms with Gasteiger partial charge in [0.05, 0.1) is 24.9 Å². The molecule has 0 rings (SSSR count). The molecule has 0 atom stereocenters. The van der Waals surface area contributed by atoms with Crippen molar-refractivity contribution in [3.05, 3.63) is 0 Å². The number of hydrogen-bond acceptors (Lipinski definition) is 6. The van der Waals surface area contributed by atoms with E-state index in [-0.39, 0.29) is 24.7 Å². The minimum atomic E-state index is -3.50. The molecule has 0 spiro atoms. The molecule has 0 aliphatic rings. The maximum Gasteiger partial charge on any atom is 0.320 e. The van der Waals surface area contributed by atoms with E-state index in [4.69, 9.17) is 4.74 Å². The summed E-state index contributed by atoms with van der Waals surface area (Å²) >= 11 is 0. The van der Waals surface area contributed by atoms with Crippen LogP contribution in [0.2, 0.25) is 0 Å². The van der Waals surface area contributed by atoms with Crippen molar-refractivity contribution < 1.29 is 27.5 Å². The van der Waals surface area contributed by atoms with Gasteiger partial charge in [-0.2, -0.15) is 0 Å². The quantitative estimate of drug-likeness (QED) is 0.489. The van der Waals surface area contributed by atoms with Crippen LogP contribution in [0.1, 0.15) is 33.6 Å². The van der Waals surface area contributed by atoms with E-state index < -0.39 is 27.0 Å². The van der Waals surface area contributed by atoms with E-state index >= 15 is 0 Å². The van der Waals surface area contributed by atoms with Crippen molar-refractivity contribution in [1.29, 1.82) is 0 Å². The van der Waals surface area contributed by atoms with Crippen molar-refractivity contribution in [2.45, 2.75) is 33.6 Å². The summed E-state index contributed by atoms with van der Waals surface area (Å²) in [5.41, 5.74) is -0.565. The lowest BCUT2D eigenvalue weighted by Gasteiger charge is -2.20. The Balaban J connectivity index is 4.05. The summed E-state index contributed by atoms with van der Waals surface area (Å²) in [6.45, 7) is 5.44. The molecular weight excluding hydrogens is 272 g/mol. The normalized spacial score (nSPS) is 12.0. The zero-order valence-corrected chi connectivity index (χ0v) is 12.7. The molecule has 19 heavy (non-hydrogen) atoms. The van der Waals surface area contributed by atoms with Crippen LogP contribution in [-0.4, -0.2) is 45.6 Å². The Hall–Kier alpha value is -1.11. The van der Waals surface area contributed by atoms with Crippen molar-refractivity contribution >= 4 is 21.8 Å². The number of rotatable bonds is 8. The Morgan fingerprint density at radius 2 is 1.79 bits per heavy atom. The lowest BCUT2D eigenvalue weighted by Crippen LogP contribution is -2.27. The number of esters is 2. The lowest BCUT2D eigenvalue weighted by atomic mass is 9.91. The Labute approximate surface area is 114 Å². The van der Waals surface area contributed by atoms with Crippen molar-refractivity contribution in [3.8, 4) is 0 Å². The van der Waals surface area contributed by atoms with Gasteiger partial charge in [-0.05, 0) is 26.7 Å². The van der Waals surface area contributed by atoms with Crippen molar-refractivity contribution in [2.75, 3.05) is 25.2 Å². The van der Waals surface area contributed by atoms with Crippen LogP contribution in [0.4, 0.5) is 0 Å². The molecule has 0 N–H and O–H groups in total. The minimum absolute atomic E-state index is 0.0304. The highest BCUT2D eigenvalue weighted by Gasteiger charge is 2.27. The van der Waals surface area contributed by atoms with E-state index in [1.54, 1.807) is 13.8 Å². The lowest BCUT2D eigenvalue weighted by molar-refractivity contribution is -0.154. The first-order valence-electron chi connectivity index (χ1n) is 6.09. The molecule has 0 aliphatic heterocycles. The number of carbonyl (C=O) groups is 2. The molecule has 0 aromatic rings. The first-order chi connectivity index (χ1) is 8.64. The van der Waals surface area contributed by atoms with Gasteiger partial charge in [-0.25, -0.2) is 8.42 Å². The Morgan fingerprint density at radius 3 is 2.26 bits per heavy atom. The van der Waals surface area contributed by atoms with Crippen LogP contribution in [-0.2, 0) is 28.9 Å². The number of sulfone groups is 1. The fourth-order valence-electron chi connectivity index (χ4n) is 1.09. The third-order valence-electron chi connectivity index (χ3n) is 2.83. The smallest absolute Gasteiger partial charge is 0.320 e. The van der Waals surface area contributed by atoms with Gasteiger partial charge in [-0.15, -0.1) is 0 Å². The van der Waals surface area contributed by atoms with Crippen molar-refractivity contribution in [1.82, 2.24) is 0 Å². The van der Waals surface area contributed by atoms with Gasteiger partial charge in [0.2, 0.25) is 0 Å². The van der Waals surface area contributed by atoms with Gasteiger partial charge in [0.1, 0.15) is 5.75 Å². The second kappa shape index (κ2) is 7.47. The van der Waals surface area contributed by atoms with Gasteiger partial charge in [-0.3, -0.25) is 9.59 Å². The summed E-state index contributed by atoms with van der Waals surface area (Å²) < 4.78 is 32.2. The predicted molar refractivity (Wildman–Crippen MR) is 70.3 cm³/mol. The highest BCUT2D eigenvalue weighted by molar-refractivity contribution is 7.92. The van der Waals surface area contributed by atoms with E-state index in [0.29, 0.717) is 6.42 Å². The summed E-state index contributed by atoms with van der Waals surface area (Å²) in [6.07, 6.45) is 0.817. The van der Waals surface area contributed by atoms with Crippen LogP contribution >= 0.6 is 0 Å². The average molecular weight is 294 g/mol. The molecule has 0 amide bonds. The van der Waals surface area contributed by atoms with Gasteiger partial charge in [-0.1, -0.05) is 6.92 Å². The predicted octanol–water partition coefficient (Wildman–Crippen LogP) is 0.944. The summed E-state index contributed by atoms with van der Waals surface area (Å²) in [5.74, 6) is -1.98. The van der Waals surface area contributed by atoms with Gasteiger partial charge in [0.15, 0.2) is 9.84 Å². The van der Waals surface area contributed by atoms with E-state index in [2.05, 4.69) is 4.74 Å². The molecule has 7 heteroatoms. The molecule has 112 valence electrons. The molecular formula is C12H22O6S. The van der Waals surface area contributed by atoms with Crippen LogP contribution < -0.4 is 0 Å². The molecule has 6 nitrogen and oxygen atoms in total. The standard InChI is InChI=1S/C12H22O6S/c1-5-12(2,3)11(14)18-7-6-8-19(15,16)9-10(13)17-4/h5-9H2,1-4H3. The second-order valence-corrected chi connectivity index (χ2v) is 7.08. The summed E-state index contributed by atoms with van der Waals surface area (Å²) in [6, 6.07) is 0. The maximum absolute atomic E-state index is 11.6. The van der Waals surface area contributed by atoms with E-state index in [1.807, 2.05) is 6.92 Å². The van der Waals surface area contributed by atoms with Crippen LogP contribution in [0.3, 0.4) is 0 Å². The Bertz CT molecular complexity index is 410. The van der Waals surface area contributed by atoms with Gasteiger partial charge in [0, 0.05) is 0 Å². The average Bonchev–Trinajstić information content (AvgIpc) is 2.33. The first kappa shape index (κ1) is 17.9. The SMILES string of the molecule is CCC(C)(C)C(=O)OCCCS(=O)(=O)CC(=O)OC. The molecule has 0 radical (unpaired) electrons. The monoisotopic (exact) mass is 294 g/mol. The zero-order chi connectivity index (χ0) is 15.1. The molecule has 0 aliphatic carbocycles. The molecule has 0 saturated carbocycles. The van der Waals surface area contributed by atoms with E-state index in [9.17, 15) is 18.0 Å². The molecule has 0 bridgehead atoms. The highest BCUT2D eigenvalue weighted by atomic mass is 32.2. The Morgan fingerprint density at radius 1 is 1.21 bits per heavy atom. The molecule has 0 heterocycles. The topological polar surface area (TPSA) is 86.7 Å². The largest absolute Gasteiger partial charge is 0.468 e. The summed E-state index contributed by atoms with van der Waals surface area (Å²) in [7, 11) is -2.37. The molecule has 0 fully saturated rings.